The molecule has 1 N–H and O–H groups in total. The van der Waals surface area contributed by atoms with Gasteiger partial charge in [0.15, 0.2) is 0 Å². The third-order valence-corrected chi connectivity index (χ3v) is 5.34. The minimum atomic E-state index is -0.172. The summed E-state index contributed by atoms with van der Waals surface area (Å²) in [6.45, 7) is 1.97. The zero-order chi connectivity index (χ0) is 18.9. The number of rotatable bonds is 5. The Hall–Kier alpha value is -2.71. The number of amides is 2. The summed E-state index contributed by atoms with van der Waals surface area (Å²) in [5.74, 6) is 6.30. The average Bonchev–Trinajstić information content (AvgIpc) is 3.25. The molecule has 0 aromatic heterocycles. The zero-order valence-electron chi connectivity index (χ0n) is 15.1. The number of thioether (sulfide) groups is 1. The number of hydrogen-bond acceptors (Lipinski definition) is 3. The molecule has 2 amide bonds. The molecule has 0 radical (unpaired) electrons. The van der Waals surface area contributed by atoms with Gasteiger partial charge in [-0.2, -0.15) is 0 Å². The van der Waals surface area contributed by atoms with E-state index in [1.807, 2.05) is 53.4 Å². The number of benzene rings is 2. The second-order valence-corrected chi connectivity index (χ2v) is 7.24. The quantitative estimate of drug-likeness (QED) is 0.642. The maximum atomic E-state index is 12.5. The number of nitrogens with zero attached hydrogens (tertiary/aromatic N) is 1. The molecule has 138 valence electrons. The van der Waals surface area contributed by atoms with E-state index in [2.05, 4.69) is 17.2 Å². The van der Waals surface area contributed by atoms with Crippen LogP contribution in [0.3, 0.4) is 0 Å². The van der Waals surface area contributed by atoms with E-state index in [4.69, 9.17) is 0 Å². The highest BCUT2D eigenvalue weighted by molar-refractivity contribution is 8.00. The van der Waals surface area contributed by atoms with Crippen LogP contribution >= 0.6 is 11.8 Å². The first kappa shape index (κ1) is 19.1. The van der Waals surface area contributed by atoms with Crippen LogP contribution in [0.15, 0.2) is 59.5 Å². The highest BCUT2D eigenvalue weighted by Gasteiger charge is 2.19. The van der Waals surface area contributed by atoms with Gasteiger partial charge in [0.05, 0.1) is 17.9 Å². The molecular formula is C22H22N2O2S. The van der Waals surface area contributed by atoms with Crippen molar-refractivity contribution in [3.8, 4) is 11.8 Å². The monoisotopic (exact) mass is 378 g/mol. The Labute approximate surface area is 164 Å². The van der Waals surface area contributed by atoms with Crippen LogP contribution < -0.4 is 5.32 Å². The van der Waals surface area contributed by atoms with Crippen molar-refractivity contribution in [2.24, 2.45) is 0 Å². The molecular weight excluding hydrogens is 356 g/mol. The number of likely N-dealkylation sites (tertiary alicyclic amines) is 1. The fourth-order valence-electron chi connectivity index (χ4n) is 2.86. The molecule has 1 saturated heterocycles. The molecule has 0 unspecified atom stereocenters. The lowest BCUT2D eigenvalue weighted by molar-refractivity contribution is -0.127. The second kappa shape index (κ2) is 9.84. The summed E-state index contributed by atoms with van der Waals surface area (Å²) in [5.41, 5.74) is 1.50. The van der Waals surface area contributed by atoms with E-state index in [0.29, 0.717) is 11.3 Å². The van der Waals surface area contributed by atoms with E-state index in [0.717, 1.165) is 36.4 Å². The van der Waals surface area contributed by atoms with Crippen LogP contribution in [0.4, 0.5) is 0 Å². The van der Waals surface area contributed by atoms with Crippen LogP contribution in [0.25, 0.3) is 0 Å². The van der Waals surface area contributed by atoms with Crippen molar-refractivity contribution in [3.63, 3.8) is 0 Å². The summed E-state index contributed by atoms with van der Waals surface area (Å²) in [5, 5.41) is 2.83. The Kier molecular flexibility index (Phi) is 6.95. The highest BCUT2D eigenvalue weighted by Crippen LogP contribution is 2.23. The number of nitrogens with one attached hydrogen (secondary N) is 1. The van der Waals surface area contributed by atoms with Gasteiger partial charge in [0.1, 0.15) is 0 Å². The van der Waals surface area contributed by atoms with Gasteiger partial charge in [0.2, 0.25) is 5.91 Å². The van der Waals surface area contributed by atoms with Crippen molar-refractivity contribution in [2.45, 2.75) is 17.7 Å². The van der Waals surface area contributed by atoms with Crippen LogP contribution in [-0.2, 0) is 4.79 Å². The van der Waals surface area contributed by atoms with Gasteiger partial charge in [-0.3, -0.25) is 9.59 Å². The van der Waals surface area contributed by atoms with Crippen molar-refractivity contribution in [1.29, 1.82) is 0 Å². The van der Waals surface area contributed by atoms with E-state index < -0.39 is 0 Å². The lowest BCUT2D eigenvalue weighted by Gasteiger charge is -2.15. The Morgan fingerprint density at radius 1 is 1.00 bits per heavy atom. The molecule has 0 saturated carbocycles. The molecule has 1 aliphatic rings. The van der Waals surface area contributed by atoms with Crippen LogP contribution in [0.5, 0.6) is 0 Å². The Morgan fingerprint density at radius 2 is 1.70 bits per heavy atom. The number of hydrogen-bond donors (Lipinski definition) is 1. The van der Waals surface area contributed by atoms with Gasteiger partial charge in [-0.15, -0.1) is 11.8 Å². The van der Waals surface area contributed by atoms with Gasteiger partial charge >= 0.3 is 0 Å². The third-order valence-electron chi connectivity index (χ3n) is 4.29. The molecule has 0 atom stereocenters. The fraction of sp³-hybridized carbons (Fsp3) is 0.273. The lowest BCUT2D eigenvalue weighted by Crippen LogP contribution is -2.29. The SMILES string of the molecule is O=C(NCC#Cc1ccccc1)c1ccccc1SCC(=O)N1CCCC1. The molecule has 0 bridgehead atoms. The van der Waals surface area contributed by atoms with Gasteiger partial charge < -0.3 is 10.2 Å². The zero-order valence-corrected chi connectivity index (χ0v) is 15.9. The van der Waals surface area contributed by atoms with Crippen molar-refractivity contribution < 1.29 is 9.59 Å². The molecule has 0 aliphatic carbocycles. The predicted molar refractivity (Wildman–Crippen MR) is 109 cm³/mol. The number of carbonyl (C=O) groups excluding carboxylic acids is 2. The van der Waals surface area contributed by atoms with Crippen LogP contribution in [0.1, 0.15) is 28.8 Å². The Bertz CT molecular complexity index is 849. The standard InChI is InChI=1S/C22H22N2O2S/c25-21(24-15-6-7-16-24)17-27-20-13-5-4-12-19(20)22(26)23-14-8-11-18-9-2-1-3-10-18/h1-5,9-10,12-13H,6-7,14-17H2,(H,23,26). The summed E-state index contributed by atoms with van der Waals surface area (Å²) in [4.78, 5) is 27.4. The van der Waals surface area contributed by atoms with Gasteiger partial charge in [-0.05, 0) is 37.1 Å². The van der Waals surface area contributed by atoms with Gasteiger partial charge in [0.25, 0.3) is 5.91 Å². The molecule has 2 aromatic rings. The second-order valence-electron chi connectivity index (χ2n) is 6.22. The molecule has 1 heterocycles. The van der Waals surface area contributed by atoms with Gasteiger partial charge in [-0.1, -0.05) is 42.2 Å². The molecule has 2 aromatic carbocycles. The first-order valence-electron chi connectivity index (χ1n) is 9.06. The minimum absolute atomic E-state index is 0.140. The normalized spacial score (nSPS) is 13.0. The highest BCUT2D eigenvalue weighted by atomic mass is 32.2. The molecule has 4 nitrogen and oxygen atoms in total. The molecule has 5 heteroatoms. The number of carbonyl (C=O) groups is 2. The summed E-state index contributed by atoms with van der Waals surface area (Å²) >= 11 is 1.42. The van der Waals surface area contributed by atoms with Crippen molar-refractivity contribution in [2.75, 3.05) is 25.4 Å². The smallest absolute Gasteiger partial charge is 0.253 e. The van der Waals surface area contributed by atoms with E-state index in [9.17, 15) is 9.59 Å². The minimum Gasteiger partial charge on any atom is -0.342 e. The Morgan fingerprint density at radius 3 is 2.48 bits per heavy atom. The van der Waals surface area contributed by atoms with Crippen molar-refractivity contribution >= 4 is 23.6 Å². The predicted octanol–water partition coefficient (Wildman–Crippen LogP) is 3.18. The molecule has 27 heavy (non-hydrogen) atoms. The maximum absolute atomic E-state index is 12.5. The molecule has 1 fully saturated rings. The maximum Gasteiger partial charge on any atom is 0.253 e. The summed E-state index contributed by atoms with van der Waals surface area (Å²) in [6.07, 6.45) is 2.17. The average molecular weight is 378 g/mol. The largest absolute Gasteiger partial charge is 0.342 e. The van der Waals surface area contributed by atoms with Gasteiger partial charge in [0, 0.05) is 23.5 Å². The molecule has 3 rings (SSSR count). The molecule has 0 spiro atoms. The summed E-state index contributed by atoms with van der Waals surface area (Å²) in [7, 11) is 0. The van der Waals surface area contributed by atoms with E-state index >= 15 is 0 Å². The first-order valence-corrected chi connectivity index (χ1v) is 10.0. The third kappa shape index (κ3) is 5.63. The summed E-state index contributed by atoms with van der Waals surface area (Å²) in [6, 6.07) is 17.0. The first-order chi connectivity index (χ1) is 13.2. The van der Waals surface area contributed by atoms with E-state index in [1.54, 1.807) is 6.07 Å². The molecule has 1 aliphatic heterocycles. The fourth-order valence-corrected chi connectivity index (χ4v) is 3.82. The topological polar surface area (TPSA) is 49.4 Å². The summed E-state index contributed by atoms with van der Waals surface area (Å²) < 4.78 is 0. The van der Waals surface area contributed by atoms with E-state index in [-0.39, 0.29) is 18.4 Å². The van der Waals surface area contributed by atoms with Crippen molar-refractivity contribution in [3.05, 3.63) is 65.7 Å². The van der Waals surface area contributed by atoms with Gasteiger partial charge in [-0.25, -0.2) is 0 Å². The van der Waals surface area contributed by atoms with E-state index in [1.165, 1.54) is 11.8 Å². The Balaban J connectivity index is 1.55. The van der Waals surface area contributed by atoms with Crippen molar-refractivity contribution in [1.82, 2.24) is 10.2 Å². The van der Waals surface area contributed by atoms with Crippen LogP contribution in [0.2, 0.25) is 0 Å². The lowest BCUT2D eigenvalue weighted by atomic mass is 10.2. The van der Waals surface area contributed by atoms with Crippen LogP contribution in [0, 0.1) is 11.8 Å². The van der Waals surface area contributed by atoms with Crippen LogP contribution in [-0.4, -0.2) is 42.1 Å².